The molecule has 2 unspecified atom stereocenters. The van der Waals surface area contributed by atoms with Crippen molar-refractivity contribution >= 4 is 45.8 Å². The van der Waals surface area contributed by atoms with Crippen molar-refractivity contribution in [2.24, 2.45) is 5.92 Å². The van der Waals surface area contributed by atoms with Gasteiger partial charge in [0, 0.05) is 29.9 Å². The molecule has 0 spiro atoms. The smallest absolute Gasteiger partial charge is 0.231 e. The lowest BCUT2D eigenvalue weighted by atomic mass is 9.83. The number of rotatable bonds is 8. The first-order valence-corrected chi connectivity index (χ1v) is 13.6. The van der Waals surface area contributed by atoms with Gasteiger partial charge < -0.3 is 33.9 Å². The Kier molecular flexibility index (Phi) is 7.77. The summed E-state index contributed by atoms with van der Waals surface area (Å²) in [5.74, 6) is 2.19. The van der Waals surface area contributed by atoms with E-state index in [9.17, 15) is 9.59 Å². The second-order valence-corrected chi connectivity index (χ2v) is 9.40. The number of halogens is 1. The van der Waals surface area contributed by atoms with E-state index in [0.717, 1.165) is 5.56 Å². The highest BCUT2D eigenvalue weighted by Gasteiger charge is 2.42. The van der Waals surface area contributed by atoms with E-state index in [2.05, 4.69) is 27.9 Å². The van der Waals surface area contributed by atoms with Crippen LogP contribution in [0.15, 0.2) is 60.7 Å². The predicted octanol–water partition coefficient (Wildman–Crippen LogP) is 5.33. The lowest BCUT2D eigenvalue weighted by molar-refractivity contribution is -0.125. The average Bonchev–Trinajstić information content (AvgIpc) is 3.41. The highest BCUT2D eigenvalue weighted by Crippen LogP contribution is 2.44. The summed E-state index contributed by atoms with van der Waals surface area (Å²) in [6.07, 6.45) is 0.626. The number of anilines is 2. The maximum Gasteiger partial charge on any atom is 0.231 e. The zero-order valence-electron chi connectivity index (χ0n) is 20.9. The van der Waals surface area contributed by atoms with Crippen LogP contribution < -0.4 is 33.9 Å². The number of nitrogens with zero attached hydrogens (tertiary/aromatic N) is 1. The van der Waals surface area contributed by atoms with Crippen LogP contribution in [0.4, 0.5) is 11.4 Å². The number of fused-ring (bicyclic) bond motifs is 1. The summed E-state index contributed by atoms with van der Waals surface area (Å²) < 4.78 is 27.8. The zero-order valence-corrected chi connectivity index (χ0v) is 23.1. The summed E-state index contributed by atoms with van der Waals surface area (Å²) in [5.41, 5.74) is 2.04. The number of piperidine rings is 1. The van der Waals surface area contributed by atoms with Crippen LogP contribution in [0.25, 0.3) is 0 Å². The van der Waals surface area contributed by atoms with E-state index in [0.29, 0.717) is 51.2 Å². The molecule has 2 heterocycles. The molecule has 1 saturated heterocycles. The molecular formula is C28H27IN2O7. The number of hydrogen-bond donors (Lipinski definition) is 1. The SMILES string of the molecule is COc1ccc(C2C(C(=O)Nc3ccc(OC)c(OCI)c3)CCC(=O)N2c2ccc3c(c2)OCO3)cc1. The monoisotopic (exact) mass is 630 g/mol. The van der Waals surface area contributed by atoms with Crippen LogP contribution in [-0.4, -0.2) is 37.4 Å². The highest BCUT2D eigenvalue weighted by atomic mass is 127. The Balaban J connectivity index is 1.50. The van der Waals surface area contributed by atoms with Crippen molar-refractivity contribution in [1.29, 1.82) is 0 Å². The van der Waals surface area contributed by atoms with Crippen LogP contribution in [0.5, 0.6) is 28.7 Å². The van der Waals surface area contributed by atoms with Gasteiger partial charge in [0.2, 0.25) is 18.6 Å². The Bertz CT molecular complexity index is 1330. The number of amides is 2. The first-order valence-electron chi connectivity index (χ1n) is 12.1. The molecule has 0 aliphatic carbocycles. The lowest BCUT2D eigenvalue weighted by Crippen LogP contribution is -2.47. The fraction of sp³-hybridized carbons (Fsp3) is 0.286. The number of carbonyl (C=O) groups is 2. The van der Waals surface area contributed by atoms with E-state index in [4.69, 9.17) is 23.7 Å². The summed E-state index contributed by atoms with van der Waals surface area (Å²) in [6, 6.07) is 17.5. The molecule has 0 bridgehead atoms. The molecule has 2 atom stereocenters. The van der Waals surface area contributed by atoms with Gasteiger partial charge in [-0.15, -0.1) is 0 Å². The van der Waals surface area contributed by atoms with Crippen molar-refractivity contribution in [3.8, 4) is 28.7 Å². The number of carbonyl (C=O) groups excluding carboxylic acids is 2. The molecule has 0 aromatic heterocycles. The van der Waals surface area contributed by atoms with Gasteiger partial charge in [-0.25, -0.2) is 0 Å². The maximum absolute atomic E-state index is 13.8. The van der Waals surface area contributed by atoms with Crippen molar-refractivity contribution in [3.05, 3.63) is 66.2 Å². The van der Waals surface area contributed by atoms with Gasteiger partial charge in [-0.3, -0.25) is 9.59 Å². The van der Waals surface area contributed by atoms with E-state index in [-0.39, 0.29) is 25.0 Å². The molecule has 1 N–H and O–H groups in total. The topological polar surface area (TPSA) is 95.6 Å². The summed E-state index contributed by atoms with van der Waals surface area (Å²) in [5, 5.41) is 3.03. The zero-order chi connectivity index (χ0) is 26.6. The van der Waals surface area contributed by atoms with Crippen molar-refractivity contribution in [2.75, 3.05) is 35.8 Å². The largest absolute Gasteiger partial charge is 0.497 e. The Morgan fingerprint density at radius 2 is 1.79 bits per heavy atom. The molecule has 9 nitrogen and oxygen atoms in total. The third kappa shape index (κ3) is 5.17. The molecule has 0 saturated carbocycles. The predicted molar refractivity (Wildman–Crippen MR) is 150 cm³/mol. The fourth-order valence-electron chi connectivity index (χ4n) is 4.85. The third-order valence-corrected chi connectivity index (χ3v) is 6.98. The highest BCUT2D eigenvalue weighted by molar-refractivity contribution is 14.1. The molecule has 38 heavy (non-hydrogen) atoms. The van der Waals surface area contributed by atoms with Gasteiger partial charge >= 0.3 is 0 Å². The summed E-state index contributed by atoms with van der Waals surface area (Å²) in [7, 11) is 3.16. The number of methoxy groups -OCH3 is 2. The molecule has 1 fully saturated rings. The molecule has 2 aliphatic heterocycles. The first-order chi connectivity index (χ1) is 18.5. The van der Waals surface area contributed by atoms with E-state index in [1.807, 2.05) is 30.3 Å². The molecule has 2 amide bonds. The second-order valence-electron chi connectivity index (χ2n) is 8.77. The summed E-state index contributed by atoms with van der Waals surface area (Å²) in [6.45, 7) is 0.130. The quantitative estimate of drug-likeness (QED) is 0.266. The standard InChI is InChI=1S/C28H27IN2O7/c1-34-20-7-3-17(4-8-20)27-21(28(33)30-18-5-10-22(35-2)24(13-18)36-15-29)9-12-26(32)31(27)19-6-11-23-25(14-19)38-16-37-23/h3-8,10-11,13-14,21,27H,9,12,15-16H2,1-2H3,(H,30,33). The van der Waals surface area contributed by atoms with Gasteiger partial charge in [0.05, 0.1) is 26.2 Å². The van der Waals surface area contributed by atoms with Gasteiger partial charge in [-0.05, 0) is 71.0 Å². The summed E-state index contributed by atoms with van der Waals surface area (Å²) in [4.78, 5) is 28.8. The molecule has 3 aromatic rings. The Hall–Kier alpha value is -3.67. The molecule has 2 aliphatic rings. The number of benzene rings is 3. The molecule has 10 heteroatoms. The van der Waals surface area contributed by atoms with Crippen LogP contribution >= 0.6 is 22.6 Å². The minimum absolute atomic E-state index is 0.0732. The number of ether oxygens (including phenoxy) is 5. The summed E-state index contributed by atoms with van der Waals surface area (Å²) >= 11 is 2.10. The normalized spacial score (nSPS) is 18.2. The van der Waals surface area contributed by atoms with Crippen LogP contribution in [0.3, 0.4) is 0 Å². The average molecular weight is 630 g/mol. The Morgan fingerprint density at radius 3 is 2.53 bits per heavy atom. The van der Waals surface area contributed by atoms with E-state index < -0.39 is 12.0 Å². The third-order valence-electron chi connectivity index (χ3n) is 6.67. The minimum Gasteiger partial charge on any atom is -0.497 e. The van der Waals surface area contributed by atoms with Crippen LogP contribution in [-0.2, 0) is 9.59 Å². The molecule has 3 aromatic carbocycles. The number of alkyl halides is 1. The Labute approximate surface area is 234 Å². The molecule has 5 rings (SSSR count). The van der Waals surface area contributed by atoms with Crippen molar-refractivity contribution in [3.63, 3.8) is 0 Å². The molecular weight excluding hydrogens is 603 g/mol. The van der Waals surface area contributed by atoms with Crippen molar-refractivity contribution < 1.29 is 33.3 Å². The van der Waals surface area contributed by atoms with Crippen LogP contribution in [0.1, 0.15) is 24.4 Å². The van der Waals surface area contributed by atoms with E-state index in [1.54, 1.807) is 49.5 Å². The first kappa shape index (κ1) is 26.0. The van der Waals surface area contributed by atoms with Crippen LogP contribution in [0.2, 0.25) is 0 Å². The van der Waals surface area contributed by atoms with Crippen molar-refractivity contribution in [2.45, 2.75) is 18.9 Å². The molecule has 0 radical (unpaired) electrons. The number of nitrogens with one attached hydrogen (secondary N) is 1. The molecule has 198 valence electrons. The van der Waals surface area contributed by atoms with Gasteiger partial charge in [0.15, 0.2) is 23.0 Å². The van der Waals surface area contributed by atoms with E-state index >= 15 is 0 Å². The van der Waals surface area contributed by atoms with Crippen molar-refractivity contribution in [1.82, 2.24) is 0 Å². The van der Waals surface area contributed by atoms with Gasteiger partial charge in [0.25, 0.3) is 0 Å². The van der Waals surface area contributed by atoms with Gasteiger partial charge in [0.1, 0.15) is 10.4 Å². The van der Waals surface area contributed by atoms with Gasteiger partial charge in [-0.2, -0.15) is 0 Å². The van der Waals surface area contributed by atoms with Crippen LogP contribution in [0, 0.1) is 5.92 Å². The maximum atomic E-state index is 13.8. The second kappa shape index (κ2) is 11.4. The number of hydrogen-bond acceptors (Lipinski definition) is 7. The van der Waals surface area contributed by atoms with E-state index in [1.165, 1.54) is 0 Å². The van der Waals surface area contributed by atoms with Gasteiger partial charge in [-0.1, -0.05) is 12.1 Å². The Morgan fingerprint density at radius 1 is 1.00 bits per heavy atom. The fourth-order valence-corrected chi connectivity index (χ4v) is 5.19. The lowest BCUT2D eigenvalue weighted by Gasteiger charge is -2.41. The minimum atomic E-state index is -0.550.